The third-order valence-corrected chi connectivity index (χ3v) is 4.24. The second-order valence-corrected chi connectivity index (χ2v) is 6.04. The van der Waals surface area contributed by atoms with Crippen molar-refractivity contribution in [1.82, 2.24) is 14.9 Å². The summed E-state index contributed by atoms with van der Waals surface area (Å²) in [5.74, 6) is 0.700. The molecule has 1 aromatic carbocycles. The maximum Gasteiger partial charge on any atom is 0.253 e. The van der Waals surface area contributed by atoms with Gasteiger partial charge in [0.05, 0.1) is 13.7 Å². The molecule has 6 nitrogen and oxygen atoms in total. The summed E-state index contributed by atoms with van der Waals surface area (Å²) in [5.41, 5.74) is 2.01. The SMILES string of the molecule is CCC(=O)N(Cc1cccnc1)Cc1cc2cc(OC)ccc2[nH]c1=O. The van der Waals surface area contributed by atoms with Crippen LogP contribution in [-0.2, 0) is 17.9 Å². The van der Waals surface area contributed by atoms with E-state index in [-0.39, 0.29) is 18.0 Å². The van der Waals surface area contributed by atoms with E-state index in [1.165, 1.54) is 0 Å². The van der Waals surface area contributed by atoms with Gasteiger partial charge in [-0.1, -0.05) is 13.0 Å². The number of carbonyl (C=O) groups excluding carboxylic acids is 1. The maximum absolute atomic E-state index is 12.4. The minimum absolute atomic E-state index is 0.0148. The van der Waals surface area contributed by atoms with E-state index in [0.717, 1.165) is 16.5 Å². The molecule has 0 bridgehead atoms. The number of H-pyrrole nitrogens is 1. The van der Waals surface area contributed by atoms with Gasteiger partial charge in [0.2, 0.25) is 5.91 Å². The minimum Gasteiger partial charge on any atom is -0.497 e. The first-order valence-corrected chi connectivity index (χ1v) is 8.47. The Morgan fingerprint density at radius 1 is 1.23 bits per heavy atom. The van der Waals surface area contributed by atoms with E-state index < -0.39 is 0 Å². The van der Waals surface area contributed by atoms with Gasteiger partial charge in [0, 0.05) is 41.8 Å². The Balaban J connectivity index is 1.93. The van der Waals surface area contributed by atoms with E-state index in [1.54, 1.807) is 30.5 Å². The van der Waals surface area contributed by atoms with Gasteiger partial charge in [-0.15, -0.1) is 0 Å². The van der Waals surface area contributed by atoms with Crippen LogP contribution in [0, 0.1) is 0 Å². The monoisotopic (exact) mass is 351 g/mol. The summed E-state index contributed by atoms with van der Waals surface area (Å²) in [6.07, 6.45) is 3.79. The predicted octanol–water partition coefficient (Wildman–Crippen LogP) is 2.87. The van der Waals surface area contributed by atoms with Gasteiger partial charge in [-0.25, -0.2) is 0 Å². The number of pyridine rings is 2. The number of carbonyl (C=O) groups is 1. The molecule has 0 fully saturated rings. The van der Waals surface area contributed by atoms with Gasteiger partial charge in [-0.3, -0.25) is 14.6 Å². The van der Waals surface area contributed by atoms with Crippen molar-refractivity contribution in [3.05, 3.63) is 70.3 Å². The molecule has 2 heterocycles. The summed E-state index contributed by atoms with van der Waals surface area (Å²) < 4.78 is 5.24. The number of benzene rings is 1. The molecule has 1 amide bonds. The maximum atomic E-state index is 12.4. The molecule has 0 radical (unpaired) electrons. The smallest absolute Gasteiger partial charge is 0.253 e. The first-order valence-electron chi connectivity index (χ1n) is 8.47. The molecule has 134 valence electrons. The third kappa shape index (κ3) is 3.91. The number of hydrogen-bond donors (Lipinski definition) is 1. The molecular weight excluding hydrogens is 330 g/mol. The minimum atomic E-state index is -0.192. The van der Waals surface area contributed by atoms with Gasteiger partial charge in [0.25, 0.3) is 5.56 Å². The van der Waals surface area contributed by atoms with Crippen molar-refractivity contribution in [1.29, 1.82) is 0 Å². The van der Waals surface area contributed by atoms with Crippen LogP contribution in [-0.4, -0.2) is 27.9 Å². The Bertz CT molecular complexity index is 967. The molecule has 0 spiro atoms. The van der Waals surface area contributed by atoms with Crippen molar-refractivity contribution >= 4 is 16.8 Å². The first-order chi connectivity index (χ1) is 12.6. The van der Waals surface area contributed by atoms with Crippen LogP contribution in [0.5, 0.6) is 5.75 Å². The van der Waals surface area contributed by atoms with Crippen LogP contribution in [0.25, 0.3) is 10.9 Å². The molecule has 1 N–H and O–H groups in total. The average Bonchev–Trinajstić information content (AvgIpc) is 2.67. The van der Waals surface area contributed by atoms with Crippen molar-refractivity contribution in [2.45, 2.75) is 26.4 Å². The molecule has 0 aliphatic rings. The number of aromatic nitrogens is 2. The van der Waals surface area contributed by atoms with E-state index >= 15 is 0 Å². The number of methoxy groups -OCH3 is 1. The molecule has 3 rings (SSSR count). The number of ether oxygens (including phenoxy) is 1. The summed E-state index contributed by atoms with van der Waals surface area (Å²) in [6, 6.07) is 11.0. The number of amides is 1. The Hall–Kier alpha value is -3.15. The Morgan fingerprint density at radius 2 is 2.08 bits per heavy atom. The van der Waals surface area contributed by atoms with Crippen LogP contribution in [0.4, 0.5) is 0 Å². The lowest BCUT2D eigenvalue weighted by Gasteiger charge is -2.22. The fourth-order valence-corrected chi connectivity index (χ4v) is 2.85. The summed E-state index contributed by atoms with van der Waals surface area (Å²) in [4.78, 5) is 33.5. The number of nitrogens with zero attached hydrogens (tertiary/aromatic N) is 2. The number of aromatic amines is 1. The summed E-state index contributed by atoms with van der Waals surface area (Å²) in [7, 11) is 1.60. The summed E-state index contributed by atoms with van der Waals surface area (Å²) >= 11 is 0. The number of fused-ring (bicyclic) bond motifs is 1. The third-order valence-electron chi connectivity index (χ3n) is 4.24. The van der Waals surface area contributed by atoms with Gasteiger partial charge in [0.15, 0.2) is 0 Å². The van der Waals surface area contributed by atoms with E-state index in [0.29, 0.717) is 24.3 Å². The van der Waals surface area contributed by atoms with E-state index in [9.17, 15) is 9.59 Å². The fourth-order valence-electron chi connectivity index (χ4n) is 2.85. The lowest BCUT2D eigenvalue weighted by molar-refractivity contribution is -0.132. The quantitative estimate of drug-likeness (QED) is 0.741. The van der Waals surface area contributed by atoms with Crippen LogP contribution >= 0.6 is 0 Å². The normalized spacial score (nSPS) is 10.7. The van der Waals surface area contributed by atoms with Gasteiger partial charge in [0.1, 0.15) is 5.75 Å². The van der Waals surface area contributed by atoms with Crippen LogP contribution in [0.2, 0.25) is 0 Å². The standard InChI is InChI=1S/C20H21N3O3/c1-3-19(24)23(12-14-5-4-8-21-11-14)13-16-9-15-10-17(26-2)6-7-18(15)22-20(16)25/h4-11H,3,12-13H2,1-2H3,(H,22,25). The van der Waals surface area contributed by atoms with Crippen molar-refractivity contribution in [3.8, 4) is 5.75 Å². The molecule has 0 unspecified atom stereocenters. The highest BCUT2D eigenvalue weighted by Crippen LogP contribution is 2.19. The average molecular weight is 351 g/mol. The number of nitrogens with one attached hydrogen (secondary N) is 1. The van der Waals surface area contributed by atoms with Crippen molar-refractivity contribution in [2.75, 3.05) is 7.11 Å². The zero-order chi connectivity index (χ0) is 18.5. The zero-order valence-electron chi connectivity index (χ0n) is 14.9. The molecule has 0 saturated heterocycles. The summed E-state index contributed by atoms with van der Waals surface area (Å²) in [5, 5.41) is 0.865. The van der Waals surface area contributed by atoms with Crippen LogP contribution in [0.3, 0.4) is 0 Å². The topological polar surface area (TPSA) is 75.3 Å². The predicted molar refractivity (Wildman–Crippen MR) is 99.9 cm³/mol. The molecule has 3 aromatic rings. The second kappa shape index (κ2) is 7.82. The molecular formula is C20H21N3O3. The van der Waals surface area contributed by atoms with Crippen molar-refractivity contribution in [3.63, 3.8) is 0 Å². The lowest BCUT2D eigenvalue weighted by Crippen LogP contribution is -2.32. The van der Waals surface area contributed by atoms with Crippen LogP contribution < -0.4 is 10.3 Å². The molecule has 0 saturated carbocycles. The Labute approximate surface area is 151 Å². The molecule has 0 aliphatic carbocycles. The molecule has 6 heteroatoms. The lowest BCUT2D eigenvalue weighted by atomic mass is 10.1. The first kappa shape index (κ1) is 17.7. The Morgan fingerprint density at radius 3 is 2.77 bits per heavy atom. The zero-order valence-corrected chi connectivity index (χ0v) is 14.9. The van der Waals surface area contributed by atoms with Crippen LogP contribution in [0.15, 0.2) is 53.6 Å². The second-order valence-electron chi connectivity index (χ2n) is 6.04. The Kier molecular flexibility index (Phi) is 5.31. The van der Waals surface area contributed by atoms with Gasteiger partial charge < -0.3 is 14.6 Å². The molecule has 0 aliphatic heterocycles. The molecule has 0 atom stereocenters. The summed E-state index contributed by atoms with van der Waals surface area (Å²) in [6.45, 7) is 2.47. The highest BCUT2D eigenvalue weighted by molar-refractivity contribution is 5.81. The fraction of sp³-hybridized carbons (Fsp3) is 0.250. The van der Waals surface area contributed by atoms with Crippen LogP contribution in [0.1, 0.15) is 24.5 Å². The largest absolute Gasteiger partial charge is 0.497 e. The van der Waals surface area contributed by atoms with E-state index in [1.807, 2.05) is 37.3 Å². The van der Waals surface area contributed by atoms with E-state index in [2.05, 4.69) is 9.97 Å². The van der Waals surface area contributed by atoms with Gasteiger partial charge in [-0.05, 0) is 35.9 Å². The highest BCUT2D eigenvalue weighted by Gasteiger charge is 2.15. The van der Waals surface area contributed by atoms with Gasteiger partial charge in [-0.2, -0.15) is 0 Å². The number of hydrogen-bond acceptors (Lipinski definition) is 4. The van der Waals surface area contributed by atoms with Crippen molar-refractivity contribution < 1.29 is 9.53 Å². The van der Waals surface area contributed by atoms with E-state index in [4.69, 9.17) is 4.74 Å². The molecule has 2 aromatic heterocycles. The van der Waals surface area contributed by atoms with Crippen molar-refractivity contribution in [2.24, 2.45) is 0 Å². The molecule has 26 heavy (non-hydrogen) atoms. The van der Waals surface area contributed by atoms with Gasteiger partial charge >= 0.3 is 0 Å². The number of rotatable bonds is 6. The highest BCUT2D eigenvalue weighted by atomic mass is 16.5.